The first-order chi connectivity index (χ1) is 19.1. The second kappa shape index (κ2) is 17.6. The molecule has 3 aliphatic rings. The van der Waals surface area contributed by atoms with Crippen LogP contribution in [0.4, 0.5) is 0 Å². The Morgan fingerprint density at radius 1 is 0.595 bits per heavy atom. The van der Waals surface area contributed by atoms with E-state index in [0.29, 0.717) is 5.92 Å². The number of halogens is 4. The predicted molar refractivity (Wildman–Crippen MR) is 190 cm³/mol. The van der Waals surface area contributed by atoms with Crippen molar-refractivity contribution in [2.45, 2.75) is 150 Å². The van der Waals surface area contributed by atoms with Crippen molar-refractivity contribution in [2.24, 2.45) is 53.3 Å². The summed E-state index contributed by atoms with van der Waals surface area (Å²) in [6.07, 6.45) is 5.13. The van der Waals surface area contributed by atoms with Gasteiger partial charge in [-0.15, -0.1) is 11.1 Å². The van der Waals surface area contributed by atoms with Crippen LogP contribution in [0.5, 0.6) is 0 Å². The Kier molecular flexibility index (Phi) is 18.0. The van der Waals surface area contributed by atoms with Crippen LogP contribution in [0.3, 0.4) is 0 Å². The van der Waals surface area contributed by atoms with Gasteiger partial charge in [-0.05, 0) is 47.3 Å². The van der Waals surface area contributed by atoms with Crippen molar-refractivity contribution in [1.82, 2.24) is 0 Å². The average molecular weight is 771 g/mol. The van der Waals surface area contributed by atoms with Gasteiger partial charge in [-0.1, -0.05) is 162 Å². The molecule has 42 heavy (non-hydrogen) atoms. The molecule has 10 heteroatoms. The van der Waals surface area contributed by atoms with Crippen molar-refractivity contribution in [1.29, 1.82) is 0 Å². The number of rotatable bonds is 7. The van der Waals surface area contributed by atoms with Crippen LogP contribution in [0, 0.1) is 53.3 Å². The van der Waals surface area contributed by atoms with Gasteiger partial charge in [0.15, 0.2) is 0 Å². The molecule has 8 atom stereocenters. The van der Waals surface area contributed by atoms with Gasteiger partial charge in [0.05, 0.1) is 0 Å². The molecule has 248 valence electrons. The number of hydrogen-bond acceptors (Lipinski definition) is 0. The number of hydrogen-bond donors (Lipinski definition) is 0. The van der Waals surface area contributed by atoms with Gasteiger partial charge in [0.25, 0.3) is 0 Å². The summed E-state index contributed by atoms with van der Waals surface area (Å²) >= 11 is -1.11. The van der Waals surface area contributed by atoms with Gasteiger partial charge in [0, 0.05) is 0 Å². The molecule has 0 saturated heterocycles. The second-order valence-corrected chi connectivity index (χ2v) is 30.1. The van der Waals surface area contributed by atoms with Gasteiger partial charge < -0.3 is 9.96 Å². The van der Waals surface area contributed by atoms with Gasteiger partial charge in [-0.25, -0.2) is 0 Å². The normalized spacial score (nSPS) is 40.9. The van der Waals surface area contributed by atoms with Gasteiger partial charge in [-0.3, -0.25) is 0 Å². The Bertz CT molecular complexity index is 783. The zero-order valence-electron chi connectivity index (χ0n) is 29.6. The van der Waals surface area contributed by atoms with Crippen LogP contribution in [0.2, 0.25) is 37.3 Å². The molecule has 3 aliphatic carbocycles. The van der Waals surface area contributed by atoms with Gasteiger partial charge in [0.2, 0.25) is 0 Å². The van der Waals surface area contributed by atoms with E-state index in [9.17, 15) is 0 Å². The molecule has 0 aromatic rings. The van der Waals surface area contributed by atoms with E-state index in [4.69, 9.17) is 47.2 Å². The maximum absolute atomic E-state index is 5.86. The molecule has 0 N–H and O–H groups in total. The Hall–Kier alpha value is 2.94. The molecular weight excluding hydrogens is 706 g/mol. The topological polar surface area (TPSA) is 28.2 Å². The van der Waals surface area contributed by atoms with Crippen molar-refractivity contribution in [3.05, 3.63) is 9.96 Å². The van der Waals surface area contributed by atoms with Crippen LogP contribution in [0.1, 0.15) is 102 Å². The maximum atomic E-state index is 5.86. The average Bonchev–Trinajstić information content (AvgIpc) is 3.17. The molecule has 2 nitrogen and oxygen atoms in total. The summed E-state index contributed by atoms with van der Waals surface area (Å²) in [6, 6.07) is 0. The molecule has 0 bridgehead atoms. The Morgan fingerprint density at radius 2 is 0.881 bits per heavy atom. The van der Waals surface area contributed by atoms with E-state index < -0.39 is 50.5 Å². The van der Waals surface area contributed by atoms with Crippen LogP contribution in [0.15, 0.2) is 0 Å². The van der Waals surface area contributed by atoms with E-state index in [1.807, 2.05) is 0 Å². The van der Waals surface area contributed by atoms with Crippen molar-refractivity contribution >= 4 is 53.7 Å². The first-order valence-corrected chi connectivity index (χ1v) is 31.1. The van der Waals surface area contributed by atoms with E-state index >= 15 is 0 Å². The Balaban J connectivity index is 0.00000135. The summed E-state index contributed by atoms with van der Waals surface area (Å²) in [7, 11) is 16.2. The van der Waals surface area contributed by atoms with Gasteiger partial charge in [-0.2, -0.15) is 0 Å². The van der Waals surface area contributed by atoms with Crippen LogP contribution in [-0.4, -0.2) is 27.5 Å². The molecule has 0 radical (unpaired) electrons. The molecule has 3 rings (SSSR count). The summed E-state index contributed by atoms with van der Waals surface area (Å²) in [5, 5.41) is 0. The van der Waals surface area contributed by atoms with Crippen molar-refractivity contribution in [3.8, 4) is 0 Å². The third kappa shape index (κ3) is 10.5. The molecule has 3 saturated carbocycles. The molecule has 8 unspecified atom stereocenters. The van der Waals surface area contributed by atoms with Crippen molar-refractivity contribution < 1.29 is 34.1 Å². The van der Waals surface area contributed by atoms with E-state index in [2.05, 4.69) is 102 Å². The summed E-state index contributed by atoms with van der Waals surface area (Å²) in [5.41, 5.74) is 1.93. The first kappa shape index (κ1) is 43.0. The van der Waals surface area contributed by atoms with Crippen LogP contribution in [0.25, 0.3) is 9.96 Å². The van der Waals surface area contributed by atoms with E-state index in [-0.39, 0.29) is 11.1 Å². The molecule has 0 aromatic carbocycles. The van der Waals surface area contributed by atoms with Crippen molar-refractivity contribution in [3.63, 3.8) is 0 Å². The third-order valence-electron chi connectivity index (χ3n) is 13.1. The SMILES string of the molecule is CC1C(C)C(C)C([Si](C)(C)[N-]C2(C)CCC(C(C)(C)[N-][Si](C)(C)C3C(C)C(C)C(C)C3C)CC2)C1C.[Cl][Ti][Cl].[Cl][Ti][Cl]. The summed E-state index contributed by atoms with van der Waals surface area (Å²) < 4.78 is 0. The second-order valence-electron chi connectivity index (χ2n) is 16.5. The first-order valence-electron chi connectivity index (χ1n) is 16.5. The zero-order valence-corrected chi connectivity index (χ0v) is 37.7. The standard InChI is InChI=1S/C32H64N2Si2.4ClH.2Ti/c1-20-21(2)25(6)29(24(20)5)35(12,13)33-31(9,10)28-16-18-32(11,19-17-28)34-36(14,15)30-26(7)22(3)23(4)27(30)8;;;;;;/h20-30H,16-19H2,1-15H3;4*1H;;/q-2;;;;;2*+2/p-4. The molecule has 0 heterocycles. The fourth-order valence-electron chi connectivity index (χ4n) is 10.5. The molecular formula is C32H64Cl4N2Si2Ti2-2. The van der Waals surface area contributed by atoms with Crippen LogP contribution >= 0.6 is 37.2 Å². The van der Waals surface area contributed by atoms with Crippen LogP contribution < -0.4 is 0 Å². The molecule has 0 aliphatic heterocycles. The zero-order chi connectivity index (χ0) is 33.0. The molecule has 0 amide bonds. The van der Waals surface area contributed by atoms with Gasteiger partial charge in [0.1, 0.15) is 0 Å². The van der Waals surface area contributed by atoms with E-state index in [0.717, 1.165) is 58.4 Å². The minimum absolute atomic E-state index is 0.0951. The summed E-state index contributed by atoms with van der Waals surface area (Å²) in [6.45, 7) is 37.9. The molecule has 0 aromatic heterocycles. The van der Waals surface area contributed by atoms with Crippen molar-refractivity contribution in [2.75, 3.05) is 0 Å². The molecule has 3 fully saturated rings. The van der Waals surface area contributed by atoms with Crippen LogP contribution in [-0.2, 0) is 34.1 Å². The molecule has 0 spiro atoms. The summed E-state index contributed by atoms with van der Waals surface area (Å²) in [4.78, 5) is 11.7. The predicted octanol–water partition coefficient (Wildman–Crippen LogP) is 13.5. The Labute approximate surface area is 298 Å². The van der Waals surface area contributed by atoms with Gasteiger partial charge >= 0.3 is 71.3 Å². The van der Waals surface area contributed by atoms with E-state index in [1.54, 1.807) is 0 Å². The fraction of sp³-hybridized carbons (Fsp3) is 1.00. The summed E-state index contributed by atoms with van der Waals surface area (Å²) in [5.74, 6) is 7.29. The number of nitrogens with zero attached hydrogens (tertiary/aromatic N) is 2. The third-order valence-corrected chi connectivity index (χ3v) is 20.7. The quantitative estimate of drug-likeness (QED) is 0.231. The monoisotopic (exact) mass is 768 g/mol. The fourth-order valence-corrected chi connectivity index (χ4v) is 20.4. The minimum atomic E-state index is -1.71. The Morgan fingerprint density at radius 3 is 1.19 bits per heavy atom. The van der Waals surface area contributed by atoms with E-state index in [1.165, 1.54) is 25.7 Å².